The maximum atomic E-state index is 14.1. The van der Waals surface area contributed by atoms with E-state index in [1.807, 2.05) is 0 Å². The molecule has 0 aliphatic carbocycles. The standard InChI is InChI=1S/C26H23F4N3O3/c1-15(32-25(34)26(2,29)30)24(21-13-18(28)6-11-23(21)35-3)36-20-9-10-22-16(12-20)14-31-33(22)19-7-4-17(27)5-8-19/h4-15,24H,1-3H3,(H,32,34)/t15-,24-/m0/s1. The van der Waals surface area contributed by atoms with Crippen molar-refractivity contribution in [3.8, 4) is 17.2 Å². The first kappa shape index (κ1) is 25.0. The lowest BCUT2D eigenvalue weighted by Gasteiger charge is -2.28. The number of aromatic nitrogens is 2. The highest BCUT2D eigenvalue weighted by Gasteiger charge is 2.36. The van der Waals surface area contributed by atoms with Crippen LogP contribution in [0, 0.1) is 11.6 Å². The van der Waals surface area contributed by atoms with Crippen LogP contribution in [0.5, 0.6) is 11.5 Å². The van der Waals surface area contributed by atoms with E-state index in [9.17, 15) is 22.4 Å². The number of carbonyl (C=O) groups is 1. The number of nitrogens with one attached hydrogen (secondary N) is 1. The van der Waals surface area contributed by atoms with Gasteiger partial charge in [0.15, 0.2) is 0 Å². The topological polar surface area (TPSA) is 65.4 Å². The molecule has 2 atom stereocenters. The fourth-order valence-corrected chi connectivity index (χ4v) is 3.79. The van der Waals surface area contributed by atoms with Gasteiger partial charge in [-0.1, -0.05) is 0 Å². The van der Waals surface area contributed by atoms with Crippen molar-refractivity contribution in [1.82, 2.24) is 15.1 Å². The maximum absolute atomic E-state index is 14.1. The first-order valence-corrected chi connectivity index (χ1v) is 11.0. The number of halogens is 4. The van der Waals surface area contributed by atoms with E-state index in [0.29, 0.717) is 29.3 Å². The molecule has 0 radical (unpaired) electrons. The fraction of sp³-hybridized carbons (Fsp3) is 0.231. The van der Waals surface area contributed by atoms with Crippen LogP contribution in [0.2, 0.25) is 0 Å². The molecule has 1 amide bonds. The van der Waals surface area contributed by atoms with Crippen LogP contribution in [-0.4, -0.2) is 34.8 Å². The van der Waals surface area contributed by atoms with Crippen molar-refractivity contribution in [2.24, 2.45) is 0 Å². The molecule has 0 aliphatic heterocycles. The second kappa shape index (κ2) is 9.88. The Kier molecular flexibility index (Phi) is 6.87. The lowest BCUT2D eigenvalue weighted by Crippen LogP contribution is -2.46. The number of carbonyl (C=O) groups excluding carboxylic acids is 1. The van der Waals surface area contributed by atoms with Crippen LogP contribution in [0.3, 0.4) is 0 Å². The molecule has 1 heterocycles. The molecule has 0 unspecified atom stereocenters. The Morgan fingerprint density at radius 1 is 1.03 bits per heavy atom. The molecular formula is C26H23F4N3O3. The predicted octanol–water partition coefficient (Wildman–Crippen LogP) is 5.59. The molecule has 0 saturated carbocycles. The van der Waals surface area contributed by atoms with Gasteiger partial charge in [0.05, 0.1) is 30.6 Å². The summed E-state index contributed by atoms with van der Waals surface area (Å²) < 4.78 is 67.6. The first-order chi connectivity index (χ1) is 17.1. The molecule has 6 nitrogen and oxygen atoms in total. The van der Waals surface area contributed by atoms with Crippen molar-refractivity contribution < 1.29 is 31.8 Å². The molecule has 1 aromatic heterocycles. The van der Waals surface area contributed by atoms with E-state index >= 15 is 0 Å². The number of rotatable bonds is 8. The Hall–Kier alpha value is -4.08. The summed E-state index contributed by atoms with van der Waals surface area (Å²) in [4.78, 5) is 12.0. The van der Waals surface area contributed by atoms with Gasteiger partial charge < -0.3 is 14.8 Å². The van der Waals surface area contributed by atoms with E-state index in [0.717, 1.165) is 0 Å². The molecule has 0 saturated heterocycles. The summed E-state index contributed by atoms with van der Waals surface area (Å²) >= 11 is 0. The zero-order chi connectivity index (χ0) is 26.0. The van der Waals surface area contributed by atoms with Crippen LogP contribution < -0.4 is 14.8 Å². The van der Waals surface area contributed by atoms with E-state index in [1.54, 1.807) is 41.2 Å². The molecule has 3 aromatic carbocycles. The number of hydrogen-bond acceptors (Lipinski definition) is 4. The average Bonchev–Trinajstić information content (AvgIpc) is 3.25. The highest BCUT2D eigenvalue weighted by Crippen LogP contribution is 2.34. The van der Waals surface area contributed by atoms with Crippen LogP contribution in [0.1, 0.15) is 25.5 Å². The zero-order valence-electron chi connectivity index (χ0n) is 19.6. The normalized spacial score (nSPS) is 13.3. The SMILES string of the molecule is COc1ccc(F)cc1[C@@H](Oc1ccc2c(cnn2-c2ccc(F)cc2)c1)[C@H](C)NC(=O)C(C)(F)F. The van der Waals surface area contributed by atoms with E-state index in [1.165, 1.54) is 44.4 Å². The fourth-order valence-electron chi connectivity index (χ4n) is 3.79. The molecule has 4 aromatic rings. The van der Waals surface area contributed by atoms with E-state index < -0.39 is 29.8 Å². The van der Waals surface area contributed by atoms with Gasteiger partial charge in [-0.05, 0) is 67.6 Å². The molecule has 0 bridgehead atoms. The molecule has 188 valence electrons. The molecule has 1 N–H and O–H groups in total. The molecule has 0 spiro atoms. The summed E-state index contributed by atoms with van der Waals surface area (Å²) in [6, 6.07) is 13.6. The predicted molar refractivity (Wildman–Crippen MR) is 126 cm³/mol. The average molecular weight is 501 g/mol. The summed E-state index contributed by atoms with van der Waals surface area (Å²) in [6.45, 7) is 1.96. The van der Waals surface area contributed by atoms with Crippen LogP contribution in [-0.2, 0) is 4.79 Å². The molecule has 4 rings (SSSR count). The van der Waals surface area contributed by atoms with Crippen LogP contribution >= 0.6 is 0 Å². The number of hydrogen-bond donors (Lipinski definition) is 1. The van der Waals surface area contributed by atoms with Crippen molar-refractivity contribution >= 4 is 16.8 Å². The molecule has 0 fully saturated rings. The van der Waals surface area contributed by atoms with Gasteiger partial charge in [0.25, 0.3) is 5.91 Å². The number of amides is 1. The summed E-state index contributed by atoms with van der Waals surface area (Å²) in [7, 11) is 1.38. The number of benzene rings is 3. The van der Waals surface area contributed by atoms with Crippen molar-refractivity contribution in [2.75, 3.05) is 7.11 Å². The summed E-state index contributed by atoms with van der Waals surface area (Å²) in [5.41, 5.74) is 1.59. The number of nitrogens with zero attached hydrogens (tertiary/aromatic N) is 2. The van der Waals surface area contributed by atoms with Crippen molar-refractivity contribution in [3.05, 3.63) is 84.1 Å². The van der Waals surface area contributed by atoms with E-state index in [2.05, 4.69) is 10.4 Å². The van der Waals surface area contributed by atoms with Crippen LogP contribution in [0.15, 0.2) is 66.9 Å². The van der Waals surface area contributed by atoms with Crippen LogP contribution in [0.4, 0.5) is 17.6 Å². The Bertz CT molecular complexity index is 1380. The third kappa shape index (κ3) is 5.27. The van der Waals surface area contributed by atoms with E-state index in [4.69, 9.17) is 9.47 Å². The quantitative estimate of drug-likeness (QED) is 0.320. The van der Waals surface area contributed by atoms with Gasteiger partial charge in [-0.25, -0.2) is 13.5 Å². The maximum Gasteiger partial charge on any atom is 0.321 e. The zero-order valence-corrected chi connectivity index (χ0v) is 19.6. The second-order valence-electron chi connectivity index (χ2n) is 8.33. The Morgan fingerprint density at radius 2 is 1.72 bits per heavy atom. The first-order valence-electron chi connectivity index (χ1n) is 11.0. The van der Waals surface area contributed by atoms with Crippen molar-refractivity contribution in [3.63, 3.8) is 0 Å². The minimum Gasteiger partial charge on any atom is -0.496 e. The highest BCUT2D eigenvalue weighted by molar-refractivity contribution is 5.83. The highest BCUT2D eigenvalue weighted by atomic mass is 19.3. The van der Waals surface area contributed by atoms with E-state index in [-0.39, 0.29) is 17.1 Å². The smallest absolute Gasteiger partial charge is 0.321 e. The third-order valence-electron chi connectivity index (χ3n) is 5.58. The molecule has 10 heteroatoms. The number of alkyl halides is 2. The van der Waals surface area contributed by atoms with Gasteiger partial charge in [0.1, 0.15) is 29.2 Å². The van der Waals surface area contributed by atoms with Crippen molar-refractivity contribution in [1.29, 1.82) is 0 Å². The molecular weight excluding hydrogens is 478 g/mol. The van der Waals surface area contributed by atoms with Gasteiger partial charge in [-0.3, -0.25) is 4.79 Å². The summed E-state index contributed by atoms with van der Waals surface area (Å²) in [5.74, 6) is -5.48. The summed E-state index contributed by atoms with van der Waals surface area (Å²) in [5, 5.41) is 7.26. The number of fused-ring (bicyclic) bond motifs is 1. The summed E-state index contributed by atoms with van der Waals surface area (Å²) in [6.07, 6.45) is 0.512. The second-order valence-corrected chi connectivity index (χ2v) is 8.33. The van der Waals surface area contributed by atoms with Gasteiger partial charge in [0, 0.05) is 17.9 Å². The third-order valence-corrected chi connectivity index (χ3v) is 5.58. The van der Waals surface area contributed by atoms with Crippen LogP contribution in [0.25, 0.3) is 16.6 Å². The Morgan fingerprint density at radius 3 is 2.39 bits per heavy atom. The lowest BCUT2D eigenvalue weighted by molar-refractivity contribution is -0.144. The number of ether oxygens (including phenoxy) is 2. The Balaban J connectivity index is 1.70. The van der Waals surface area contributed by atoms with Gasteiger partial charge >= 0.3 is 5.92 Å². The minimum absolute atomic E-state index is 0.229. The van der Waals surface area contributed by atoms with Gasteiger partial charge in [0.2, 0.25) is 0 Å². The van der Waals surface area contributed by atoms with Gasteiger partial charge in [-0.2, -0.15) is 13.9 Å². The monoisotopic (exact) mass is 501 g/mol. The van der Waals surface area contributed by atoms with Gasteiger partial charge in [-0.15, -0.1) is 0 Å². The number of methoxy groups -OCH3 is 1. The molecule has 0 aliphatic rings. The molecule has 36 heavy (non-hydrogen) atoms. The Labute approximate surface area is 204 Å². The lowest BCUT2D eigenvalue weighted by atomic mass is 10.0. The minimum atomic E-state index is -3.61. The van der Waals surface area contributed by atoms with Crippen molar-refractivity contribution in [2.45, 2.75) is 31.9 Å². The largest absolute Gasteiger partial charge is 0.496 e.